The van der Waals surface area contributed by atoms with E-state index in [1.807, 2.05) is 12.3 Å². The third-order valence-electron chi connectivity index (χ3n) is 4.60. The highest BCUT2D eigenvalue weighted by Crippen LogP contribution is 2.38. The standard InChI is InChI=1S/C19H17N5O2S/c1-9-3-4-13(25)10(2)14(9)11-7-24-8-12(19-22-5-6-27-19)23-18(24)15(16(11)20)17(21)26/h3-8,25H,20H2,1-2H3,(H2,21,26). The molecule has 136 valence electrons. The molecule has 1 amide bonds. The van der Waals surface area contributed by atoms with E-state index in [0.717, 1.165) is 16.1 Å². The Morgan fingerprint density at radius 2 is 2.04 bits per heavy atom. The molecule has 0 saturated heterocycles. The van der Waals surface area contributed by atoms with Crippen LogP contribution in [0.3, 0.4) is 0 Å². The summed E-state index contributed by atoms with van der Waals surface area (Å²) in [7, 11) is 0. The zero-order valence-electron chi connectivity index (χ0n) is 14.7. The lowest BCUT2D eigenvalue weighted by Crippen LogP contribution is -2.16. The number of aromatic hydroxyl groups is 1. The molecule has 5 N–H and O–H groups in total. The van der Waals surface area contributed by atoms with Crippen LogP contribution < -0.4 is 11.5 Å². The summed E-state index contributed by atoms with van der Waals surface area (Å²) < 4.78 is 1.73. The van der Waals surface area contributed by atoms with Crippen LogP contribution in [0.15, 0.2) is 36.1 Å². The number of nitrogen functional groups attached to an aromatic ring is 1. The molecular weight excluding hydrogens is 362 g/mol. The number of nitrogens with zero attached hydrogens (tertiary/aromatic N) is 3. The Hall–Kier alpha value is -3.39. The van der Waals surface area contributed by atoms with Gasteiger partial charge in [0.05, 0.1) is 5.69 Å². The number of hydrogen-bond donors (Lipinski definition) is 3. The number of aromatic nitrogens is 3. The zero-order chi connectivity index (χ0) is 19.3. The Bertz CT molecular complexity index is 1200. The van der Waals surface area contributed by atoms with Crippen molar-refractivity contribution in [1.82, 2.24) is 14.4 Å². The smallest absolute Gasteiger partial charge is 0.254 e. The molecule has 0 aliphatic rings. The summed E-state index contributed by atoms with van der Waals surface area (Å²) in [6.07, 6.45) is 5.28. The summed E-state index contributed by atoms with van der Waals surface area (Å²) in [4.78, 5) is 21.0. The molecule has 3 heterocycles. The number of hydrogen-bond acceptors (Lipinski definition) is 6. The van der Waals surface area contributed by atoms with Gasteiger partial charge in [-0.05, 0) is 36.6 Å². The Balaban J connectivity index is 2.08. The van der Waals surface area contributed by atoms with Gasteiger partial charge in [-0.3, -0.25) is 4.79 Å². The number of phenolic OH excluding ortho intramolecular Hbond substituents is 1. The molecule has 1 aromatic carbocycles. The average molecular weight is 379 g/mol. The van der Waals surface area contributed by atoms with E-state index in [1.54, 1.807) is 42.0 Å². The van der Waals surface area contributed by atoms with E-state index in [9.17, 15) is 9.90 Å². The first-order valence-electron chi connectivity index (χ1n) is 8.19. The molecule has 3 aromatic heterocycles. The minimum atomic E-state index is -0.661. The van der Waals surface area contributed by atoms with Crippen LogP contribution in [0, 0.1) is 13.8 Å². The third kappa shape index (κ3) is 2.61. The van der Waals surface area contributed by atoms with Gasteiger partial charge in [-0.25, -0.2) is 9.97 Å². The quantitative estimate of drug-likeness (QED) is 0.505. The van der Waals surface area contributed by atoms with Crippen LogP contribution in [0.1, 0.15) is 21.5 Å². The van der Waals surface area contributed by atoms with Crippen molar-refractivity contribution >= 4 is 28.6 Å². The van der Waals surface area contributed by atoms with Gasteiger partial charge in [-0.15, -0.1) is 11.3 Å². The summed E-state index contributed by atoms with van der Waals surface area (Å²) in [5, 5.41) is 12.7. The predicted octanol–water partition coefficient (Wildman–Crippen LogP) is 3.13. The van der Waals surface area contributed by atoms with Gasteiger partial charge in [-0.1, -0.05) is 6.07 Å². The third-order valence-corrected chi connectivity index (χ3v) is 5.39. The van der Waals surface area contributed by atoms with Crippen LogP contribution in [-0.4, -0.2) is 25.4 Å². The average Bonchev–Trinajstić information content (AvgIpc) is 3.27. The largest absolute Gasteiger partial charge is 0.508 e. The van der Waals surface area contributed by atoms with Crippen molar-refractivity contribution in [3.05, 3.63) is 52.8 Å². The van der Waals surface area contributed by atoms with Gasteiger partial charge in [0.15, 0.2) is 5.65 Å². The van der Waals surface area contributed by atoms with Gasteiger partial charge < -0.3 is 21.0 Å². The van der Waals surface area contributed by atoms with Crippen molar-refractivity contribution in [3.8, 4) is 27.6 Å². The number of carbonyl (C=O) groups is 1. The number of phenols is 1. The number of rotatable bonds is 3. The number of imidazole rings is 1. The van der Waals surface area contributed by atoms with Crippen molar-refractivity contribution < 1.29 is 9.90 Å². The van der Waals surface area contributed by atoms with Crippen molar-refractivity contribution in [2.75, 3.05) is 5.73 Å². The van der Waals surface area contributed by atoms with E-state index in [4.69, 9.17) is 11.5 Å². The number of amides is 1. The highest BCUT2D eigenvalue weighted by atomic mass is 32.1. The molecule has 0 spiro atoms. The normalized spacial score (nSPS) is 11.2. The Labute approximate surface area is 158 Å². The number of anilines is 1. The van der Waals surface area contributed by atoms with Crippen LogP contribution in [0.4, 0.5) is 5.69 Å². The fourth-order valence-corrected chi connectivity index (χ4v) is 3.88. The molecule has 0 radical (unpaired) electrons. The van der Waals surface area contributed by atoms with Crippen molar-refractivity contribution in [2.24, 2.45) is 5.73 Å². The van der Waals surface area contributed by atoms with E-state index >= 15 is 0 Å². The van der Waals surface area contributed by atoms with Crippen molar-refractivity contribution in [3.63, 3.8) is 0 Å². The van der Waals surface area contributed by atoms with Gasteiger partial charge in [-0.2, -0.15) is 0 Å². The van der Waals surface area contributed by atoms with Gasteiger partial charge in [0.25, 0.3) is 5.91 Å². The van der Waals surface area contributed by atoms with Crippen molar-refractivity contribution in [1.29, 1.82) is 0 Å². The Kier molecular flexibility index (Phi) is 3.85. The number of nitrogens with two attached hydrogens (primary N) is 2. The lowest BCUT2D eigenvalue weighted by molar-refractivity contribution is 0.100. The topological polar surface area (TPSA) is 120 Å². The van der Waals surface area contributed by atoms with E-state index in [-0.39, 0.29) is 17.0 Å². The SMILES string of the molecule is Cc1ccc(O)c(C)c1-c1cn2cc(-c3nccs3)nc2c(C(N)=O)c1N. The van der Waals surface area contributed by atoms with Crippen LogP contribution in [0.5, 0.6) is 5.75 Å². The summed E-state index contributed by atoms with van der Waals surface area (Å²) in [6, 6.07) is 3.44. The predicted molar refractivity (Wildman–Crippen MR) is 106 cm³/mol. The lowest BCUT2D eigenvalue weighted by atomic mass is 9.93. The van der Waals surface area contributed by atoms with Crippen LogP contribution >= 0.6 is 11.3 Å². The molecular formula is C19H17N5O2S. The molecule has 7 nitrogen and oxygen atoms in total. The molecule has 4 rings (SSSR count). The zero-order valence-corrected chi connectivity index (χ0v) is 15.5. The molecule has 8 heteroatoms. The number of carbonyl (C=O) groups excluding carboxylic acids is 1. The number of benzene rings is 1. The monoisotopic (exact) mass is 379 g/mol. The molecule has 4 aromatic rings. The molecule has 0 saturated carbocycles. The minimum Gasteiger partial charge on any atom is -0.508 e. The van der Waals surface area contributed by atoms with E-state index in [0.29, 0.717) is 22.5 Å². The molecule has 27 heavy (non-hydrogen) atoms. The fraction of sp³-hybridized carbons (Fsp3) is 0.105. The van der Waals surface area contributed by atoms with Crippen LogP contribution in [0.2, 0.25) is 0 Å². The number of thiazole rings is 1. The maximum absolute atomic E-state index is 12.2. The second-order valence-corrected chi connectivity index (χ2v) is 7.19. The van der Waals surface area contributed by atoms with Crippen molar-refractivity contribution in [2.45, 2.75) is 13.8 Å². The Morgan fingerprint density at radius 1 is 1.26 bits per heavy atom. The maximum Gasteiger partial charge on any atom is 0.254 e. The fourth-order valence-electron chi connectivity index (χ4n) is 3.29. The summed E-state index contributed by atoms with van der Waals surface area (Å²) in [6.45, 7) is 3.73. The molecule has 0 bridgehead atoms. The first-order valence-corrected chi connectivity index (χ1v) is 9.06. The Morgan fingerprint density at radius 3 is 2.70 bits per heavy atom. The van der Waals surface area contributed by atoms with Crippen LogP contribution in [-0.2, 0) is 0 Å². The summed E-state index contributed by atoms with van der Waals surface area (Å²) >= 11 is 1.45. The lowest BCUT2D eigenvalue weighted by Gasteiger charge is -2.16. The number of primary amides is 1. The first kappa shape index (κ1) is 17.0. The molecule has 0 unspecified atom stereocenters. The molecule has 0 atom stereocenters. The highest BCUT2D eigenvalue weighted by Gasteiger charge is 2.22. The minimum absolute atomic E-state index is 0.150. The number of aryl methyl sites for hydroxylation is 1. The van der Waals surface area contributed by atoms with Gasteiger partial charge in [0.2, 0.25) is 0 Å². The van der Waals surface area contributed by atoms with Gasteiger partial charge >= 0.3 is 0 Å². The van der Waals surface area contributed by atoms with Gasteiger partial charge in [0.1, 0.15) is 22.0 Å². The highest BCUT2D eigenvalue weighted by molar-refractivity contribution is 7.13. The van der Waals surface area contributed by atoms with E-state index in [1.165, 1.54) is 11.3 Å². The maximum atomic E-state index is 12.2. The molecule has 0 aliphatic carbocycles. The molecule has 0 fully saturated rings. The first-order chi connectivity index (χ1) is 12.9. The van der Waals surface area contributed by atoms with E-state index in [2.05, 4.69) is 9.97 Å². The second-order valence-electron chi connectivity index (χ2n) is 6.29. The summed E-state index contributed by atoms with van der Waals surface area (Å²) in [5.74, 6) is -0.504. The summed E-state index contributed by atoms with van der Waals surface area (Å²) in [5.41, 5.74) is 16.4. The van der Waals surface area contributed by atoms with Crippen LogP contribution in [0.25, 0.3) is 27.5 Å². The second kappa shape index (κ2) is 6.10. The number of pyridine rings is 1. The van der Waals surface area contributed by atoms with Gasteiger partial charge in [0, 0.05) is 29.5 Å². The van der Waals surface area contributed by atoms with E-state index < -0.39 is 5.91 Å². The molecule has 0 aliphatic heterocycles. The number of fused-ring (bicyclic) bond motifs is 1.